The van der Waals surface area contributed by atoms with Gasteiger partial charge in [0.05, 0.1) is 30.6 Å². The number of fused-ring (bicyclic) bond motifs is 1. The van der Waals surface area contributed by atoms with E-state index in [1.807, 2.05) is 17.8 Å². The summed E-state index contributed by atoms with van der Waals surface area (Å²) in [5.74, 6) is 0.865. The molecule has 1 N–H and O–H groups in total. The molecule has 1 aliphatic rings. The molecule has 0 radical (unpaired) electrons. The van der Waals surface area contributed by atoms with Crippen molar-refractivity contribution in [1.29, 1.82) is 0 Å². The molecule has 33 heavy (non-hydrogen) atoms. The van der Waals surface area contributed by atoms with Crippen LogP contribution in [-0.2, 0) is 6.54 Å². The van der Waals surface area contributed by atoms with Gasteiger partial charge in [-0.25, -0.2) is 23.7 Å². The van der Waals surface area contributed by atoms with Crippen molar-refractivity contribution in [3.63, 3.8) is 0 Å². The molecule has 5 rings (SSSR count). The number of H-pyrrole nitrogens is 1. The summed E-state index contributed by atoms with van der Waals surface area (Å²) in [5.41, 5.74) is 1.90. The zero-order valence-corrected chi connectivity index (χ0v) is 18.2. The Hall–Kier alpha value is -3.95. The number of hydrogen-bond acceptors (Lipinski definition) is 5. The summed E-state index contributed by atoms with van der Waals surface area (Å²) < 4.78 is 36.8. The van der Waals surface area contributed by atoms with Gasteiger partial charge in [-0.05, 0) is 36.9 Å². The first-order valence-corrected chi connectivity index (χ1v) is 10.6. The number of hydrogen-bond donors (Lipinski definition) is 1. The summed E-state index contributed by atoms with van der Waals surface area (Å²) in [6, 6.07) is 3.70. The molecule has 10 heteroatoms. The molecular formula is C23H22F2N7O+. The van der Waals surface area contributed by atoms with Crippen LogP contribution >= 0.6 is 0 Å². The minimum atomic E-state index is -0.587. The van der Waals surface area contributed by atoms with Crippen LogP contribution < -0.4 is 9.42 Å². The van der Waals surface area contributed by atoms with Crippen LogP contribution in [0.1, 0.15) is 47.4 Å². The molecule has 0 spiro atoms. The minimum Gasteiger partial charge on any atom is -0.478 e. The molecule has 168 valence electrons. The van der Waals surface area contributed by atoms with E-state index in [0.717, 1.165) is 37.0 Å². The quantitative estimate of drug-likeness (QED) is 0.472. The molecule has 1 atom stereocenters. The topological polar surface area (TPSA) is 85.4 Å². The molecule has 4 heterocycles. The van der Waals surface area contributed by atoms with E-state index >= 15 is 0 Å². The van der Waals surface area contributed by atoms with Crippen LogP contribution in [0.4, 0.5) is 8.78 Å². The molecule has 3 aromatic heterocycles. The van der Waals surface area contributed by atoms with Gasteiger partial charge >= 0.3 is 5.82 Å². The third-order valence-corrected chi connectivity index (χ3v) is 5.59. The molecule has 0 saturated carbocycles. The normalized spacial score (nSPS) is 15.7. The Morgan fingerprint density at radius 3 is 2.85 bits per heavy atom. The Bertz CT molecular complexity index is 1340. The number of methoxy groups -OCH3 is 1. The zero-order valence-electron chi connectivity index (χ0n) is 18.2. The number of halogens is 2. The number of rotatable bonds is 5. The van der Waals surface area contributed by atoms with Crippen molar-refractivity contribution in [2.24, 2.45) is 0 Å². The van der Waals surface area contributed by atoms with E-state index in [1.54, 1.807) is 29.2 Å². The highest BCUT2D eigenvalue weighted by Gasteiger charge is 2.34. The molecule has 0 bridgehead atoms. The number of nitrogens with one attached hydrogen (secondary N) is 1. The molecule has 0 aliphatic carbocycles. The van der Waals surface area contributed by atoms with Crippen molar-refractivity contribution in [2.75, 3.05) is 7.11 Å². The number of aromatic nitrogens is 7. The number of imidazole rings is 1. The highest BCUT2D eigenvalue weighted by Crippen LogP contribution is 2.31. The van der Waals surface area contributed by atoms with Gasteiger partial charge in [0, 0.05) is 23.9 Å². The monoisotopic (exact) mass is 450 g/mol. The van der Waals surface area contributed by atoms with E-state index in [2.05, 4.69) is 25.0 Å². The van der Waals surface area contributed by atoms with Crippen LogP contribution in [0.5, 0.6) is 5.88 Å². The summed E-state index contributed by atoms with van der Waals surface area (Å²) in [4.78, 5) is 17.8. The van der Waals surface area contributed by atoms with Crippen LogP contribution in [0.3, 0.4) is 0 Å². The molecule has 0 fully saturated rings. The third kappa shape index (κ3) is 4.11. The lowest BCUT2D eigenvalue weighted by Gasteiger charge is -2.17. The fraction of sp³-hybridized carbons (Fsp3) is 0.261. The second-order valence-corrected chi connectivity index (χ2v) is 7.86. The maximum absolute atomic E-state index is 14.4. The molecule has 8 nitrogen and oxygen atoms in total. The molecule has 1 aliphatic heterocycles. The van der Waals surface area contributed by atoms with E-state index in [1.165, 1.54) is 19.2 Å². The van der Waals surface area contributed by atoms with Crippen molar-refractivity contribution < 1.29 is 18.2 Å². The molecule has 0 amide bonds. The lowest BCUT2D eigenvalue weighted by molar-refractivity contribution is -0.763. The lowest BCUT2D eigenvalue weighted by atomic mass is 9.91. The fourth-order valence-corrected chi connectivity index (χ4v) is 4.05. The standard InChI is InChI=1S/C23H21F2N7O/c1-14-12-31(13-27-14)22-23(33-2)28-16(11-26-22)6-8-20-29-21-18(4-3-9-32(21)30-20)17-7-5-15(24)10-19(17)25/h5-8,10-13,18H,3-4,9H2,1-2H3/p+1. The van der Waals surface area contributed by atoms with Crippen molar-refractivity contribution in [3.8, 4) is 11.7 Å². The maximum Gasteiger partial charge on any atom is 0.327 e. The molecular weight excluding hydrogens is 428 g/mol. The van der Waals surface area contributed by atoms with Gasteiger partial charge in [-0.2, -0.15) is 9.78 Å². The van der Waals surface area contributed by atoms with E-state index in [-0.39, 0.29) is 5.92 Å². The van der Waals surface area contributed by atoms with Gasteiger partial charge in [-0.15, -0.1) is 0 Å². The van der Waals surface area contributed by atoms with Gasteiger partial charge < -0.3 is 4.74 Å². The van der Waals surface area contributed by atoms with Crippen LogP contribution in [0.25, 0.3) is 18.0 Å². The highest BCUT2D eigenvalue weighted by molar-refractivity contribution is 5.64. The van der Waals surface area contributed by atoms with Gasteiger partial charge in [0.1, 0.15) is 24.5 Å². The van der Waals surface area contributed by atoms with Gasteiger partial charge in [0.15, 0.2) is 0 Å². The number of nitrogens with zero attached hydrogens (tertiary/aromatic N) is 6. The van der Waals surface area contributed by atoms with Gasteiger partial charge in [-0.1, -0.05) is 6.07 Å². The van der Waals surface area contributed by atoms with Gasteiger partial charge in [-0.3, -0.25) is 4.57 Å². The first-order valence-electron chi connectivity index (χ1n) is 10.6. The summed E-state index contributed by atoms with van der Waals surface area (Å²) in [5, 5.41) is 3.23. The van der Waals surface area contributed by atoms with Crippen molar-refractivity contribution in [3.05, 3.63) is 77.2 Å². The predicted molar refractivity (Wildman–Crippen MR) is 116 cm³/mol. The maximum atomic E-state index is 14.4. The van der Waals surface area contributed by atoms with Crippen LogP contribution in [0.2, 0.25) is 0 Å². The van der Waals surface area contributed by atoms with E-state index in [4.69, 9.17) is 4.74 Å². The van der Waals surface area contributed by atoms with Crippen molar-refractivity contribution >= 4 is 12.2 Å². The minimum absolute atomic E-state index is 0.240. The third-order valence-electron chi connectivity index (χ3n) is 5.59. The Balaban J connectivity index is 1.42. The number of ether oxygens (including phenoxy) is 1. The van der Waals surface area contributed by atoms with Gasteiger partial charge in [0.2, 0.25) is 5.82 Å². The molecule has 1 unspecified atom stereocenters. The second-order valence-electron chi connectivity index (χ2n) is 7.86. The molecule has 1 aromatic carbocycles. The summed E-state index contributed by atoms with van der Waals surface area (Å²) in [7, 11) is 1.54. The summed E-state index contributed by atoms with van der Waals surface area (Å²) >= 11 is 0. The summed E-state index contributed by atoms with van der Waals surface area (Å²) in [6.07, 6.45) is 10.3. The molecule has 0 saturated heterocycles. The average Bonchev–Trinajstić information content (AvgIpc) is 3.43. The number of aromatic amines is 1. The summed E-state index contributed by atoms with van der Waals surface area (Å²) in [6.45, 7) is 2.64. The Labute approximate surface area is 188 Å². The van der Waals surface area contributed by atoms with Gasteiger partial charge in [0.25, 0.3) is 11.7 Å². The van der Waals surface area contributed by atoms with Crippen molar-refractivity contribution in [2.45, 2.75) is 32.2 Å². The van der Waals surface area contributed by atoms with Crippen LogP contribution in [-0.4, -0.2) is 36.7 Å². The fourth-order valence-electron chi connectivity index (χ4n) is 4.05. The molecule has 4 aromatic rings. The first-order chi connectivity index (χ1) is 16.0. The SMILES string of the molecule is COc1nc(C=Cc2nc3[n+]([nH]2)CCCC3c2ccc(F)cc2F)cnc1-n1cnc(C)c1. The van der Waals surface area contributed by atoms with Crippen LogP contribution in [0.15, 0.2) is 36.9 Å². The van der Waals surface area contributed by atoms with E-state index in [0.29, 0.717) is 28.8 Å². The van der Waals surface area contributed by atoms with Crippen molar-refractivity contribution in [1.82, 2.24) is 29.6 Å². The largest absolute Gasteiger partial charge is 0.478 e. The first kappa shape index (κ1) is 20.9. The Kier molecular flexibility index (Phi) is 5.41. The highest BCUT2D eigenvalue weighted by atomic mass is 19.1. The van der Waals surface area contributed by atoms with Crippen LogP contribution in [0, 0.1) is 18.6 Å². The van der Waals surface area contributed by atoms with E-state index in [9.17, 15) is 8.78 Å². The Morgan fingerprint density at radius 1 is 1.21 bits per heavy atom. The number of aryl methyl sites for hydroxylation is 2. The zero-order chi connectivity index (χ0) is 22.9. The Morgan fingerprint density at radius 2 is 2.09 bits per heavy atom. The van der Waals surface area contributed by atoms with E-state index < -0.39 is 11.6 Å². The number of benzene rings is 1. The lowest BCUT2D eigenvalue weighted by Crippen LogP contribution is -2.44. The second kappa shape index (κ2) is 8.53. The average molecular weight is 450 g/mol. The predicted octanol–water partition coefficient (Wildman–Crippen LogP) is 3.36. The smallest absolute Gasteiger partial charge is 0.327 e.